The summed E-state index contributed by atoms with van der Waals surface area (Å²) in [6.45, 7) is 4.24. The van der Waals surface area contributed by atoms with E-state index >= 15 is 0 Å². The lowest BCUT2D eigenvalue weighted by Gasteiger charge is -2.09. The van der Waals surface area contributed by atoms with Crippen LogP contribution >= 0.6 is 0 Å². The minimum Gasteiger partial charge on any atom is -0.508 e. The average Bonchev–Trinajstić information content (AvgIpc) is 2.65. The van der Waals surface area contributed by atoms with Crippen LogP contribution in [-0.4, -0.2) is 14.9 Å². The molecule has 0 spiro atoms. The Morgan fingerprint density at radius 1 is 1.27 bits per heavy atom. The lowest BCUT2D eigenvalue weighted by Crippen LogP contribution is -2.03. The van der Waals surface area contributed by atoms with E-state index in [-0.39, 0.29) is 5.75 Å². The number of phenolic OH excluding ortho intramolecular Hbond substituents is 1. The van der Waals surface area contributed by atoms with Gasteiger partial charge in [-0.2, -0.15) is 5.10 Å². The molecule has 15 heavy (non-hydrogen) atoms. The number of hydrogen-bond donors (Lipinski definition) is 1. The van der Waals surface area contributed by atoms with E-state index in [1.807, 2.05) is 22.9 Å². The molecular formula is C12H14N2O. The molecule has 0 aliphatic carbocycles. The number of rotatable bonds is 2. The van der Waals surface area contributed by atoms with Crippen LogP contribution in [0.3, 0.4) is 0 Å². The van der Waals surface area contributed by atoms with Crippen LogP contribution in [0.2, 0.25) is 0 Å². The van der Waals surface area contributed by atoms with E-state index in [1.165, 1.54) is 0 Å². The van der Waals surface area contributed by atoms with E-state index in [0.29, 0.717) is 5.92 Å². The first-order valence-corrected chi connectivity index (χ1v) is 5.02. The summed E-state index contributed by atoms with van der Waals surface area (Å²) in [7, 11) is 0. The van der Waals surface area contributed by atoms with Crippen molar-refractivity contribution in [2.75, 3.05) is 0 Å². The Hall–Kier alpha value is -1.77. The van der Waals surface area contributed by atoms with Crippen molar-refractivity contribution in [3.63, 3.8) is 0 Å². The predicted octanol–water partition coefficient (Wildman–Crippen LogP) is 2.70. The van der Waals surface area contributed by atoms with Crippen LogP contribution in [0, 0.1) is 0 Å². The van der Waals surface area contributed by atoms with E-state index in [4.69, 9.17) is 0 Å². The zero-order chi connectivity index (χ0) is 10.8. The van der Waals surface area contributed by atoms with Gasteiger partial charge in [-0.15, -0.1) is 0 Å². The molecule has 0 saturated heterocycles. The molecule has 0 saturated carbocycles. The van der Waals surface area contributed by atoms with Crippen LogP contribution in [-0.2, 0) is 0 Å². The monoisotopic (exact) mass is 202 g/mol. The maximum Gasteiger partial charge on any atom is 0.117 e. The van der Waals surface area contributed by atoms with Crippen molar-refractivity contribution in [2.45, 2.75) is 19.8 Å². The molecule has 3 heteroatoms. The molecule has 2 rings (SSSR count). The van der Waals surface area contributed by atoms with Gasteiger partial charge < -0.3 is 5.11 Å². The molecular weight excluding hydrogens is 188 g/mol. The van der Waals surface area contributed by atoms with Gasteiger partial charge in [-0.1, -0.05) is 19.9 Å². The normalized spacial score (nSPS) is 10.9. The summed E-state index contributed by atoms with van der Waals surface area (Å²) in [4.78, 5) is 0. The Balaban J connectivity index is 2.49. The topological polar surface area (TPSA) is 38.0 Å². The Morgan fingerprint density at radius 3 is 2.73 bits per heavy atom. The summed E-state index contributed by atoms with van der Waals surface area (Å²) >= 11 is 0. The third-order valence-electron chi connectivity index (χ3n) is 2.34. The largest absolute Gasteiger partial charge is 0.508 e. The fraction of sp³-hybridized carbons (Fsp3) is 0.250. The van der Waals surface area contributed by atoms with Gasteiger partial charge in [0.1, 0.15) is 5.75 Å². The number of nitrogens with zero attached hydrogens (tertiary/aromatic N) is 2. The molecule has 0 aliphatic heterocycles. The van der Waals surface area contributed by atoms with Crippen molar-refractivity contribution < 1.29 is 5.11 Å². The summed E-state index contributed by atoms with van der Waals surface area (Å²) in [5.74, 6) is 0.674. The number of phenols is 1. The highest BCUT2D eigenvalue weighted by Gasteiger charge is 2.08. The summed E-state index contributed by atoms with van der Waals surface area (Å²) in [6, 6.07) is 9.10. The van der Waals surface area contributed by atoms with Gasteiger partial charge in [-0.25, -0.2) is 4.68 Å². The molecule has 1 N–H and O–H groups in total. The second-order valence-electron chi connectivity index (χ2n) is 3.84. The van der Waals surface area contributed by atoms with Crippen molar-refractivity contribution >= 4 is 0 Å². The third kappa shape index (κ3) is 1.86. The number of hydrogen-bond acceptors (Lipinski definition) is 2. The van der Waals surface area contributed by atoms with Crippen molar-refractivity contribution in [2.24, 2.45) is 0 Å². The van der Waals surface area contributed by atoms with Crippen LogP contribution in [0.5, 0.6) is 5.75 Å². The van der Waals surface area contributed by atoms with Crippen LogP contribution in [0.25, 0.3) is 5.69 Å². The van der Waals surface area contributed by atoms with Gasteiger partial charge in [-0.3, -0.25) is 0 Å². The molecule has 0 fully saturated rings. The smallest absolute Gasteiger partial charge is 0.117 e. The quantitative estimate of drug-likeness (QED) is 0.813. The van der Waals surface area contributed by atoms with Gasteiger partial charge in [0.25, 0.3) is 0 Å². The van der Waals surface area contributed by atoms with Gasteiger partial charge in [-0.05, 0) is 24.1 Å². The molecule has 2 aromatic rings. The molecule has 1 heterocycles. The van der Waals surface area contributed by atoms with Crippen LogP contribution in [0.4, 0.5) is 0 Å². The summed E-state index contributed by atoms with van der Waals surface area (Å²) in [5, 5.41) is 13.7. The Morgan fingerprint density at radius 2 is 2.07 bits per heavy atom. The molecule has 0 atom stereocenters. The Bertz CT molecular complexity index is 460. The van der Waals surface area contributed by atoms with Gasteiger partial charge >= 0.3 is 0 Å². The van der Waals surface area contributed by atoms with Crippen molar-refractivity contribution in [1.29, 1.82) is 0 Å². The molecule has 3 nitrogen and oxygen atoms in total. The second-order valence-corrected chi connectivity index (χ2v) is 3.84. The van der Waals surface area contributed by atoms with E-state index in [1.54, 1.807) is 18.3 Å². The number of aromatic hydroxyl groups is 1. The lowest BCUT2D eigenvalue weighted by molar-refractivity contribution is 0.474. The highest BCUT2D eigenvalue weighted by Crippen LogP contribution is 2.20. The minimum absolute atomic E-state index is 0.262. The van der Waals surface area contributed by atoms with Crippen LogP contribution < -0.4 is 0 Å². The first kappa shape index (κ1) is 9.77. The number of benzene rings is 1. The molecule has 1 aromatic carbocycles. The molecule has 0 unspecified atom stereocenters. The standard InChI is InChI=1S/C12H14N2O/c1-9(2)12-6-7-13-14(12)10-4-3-5-11(15)8-10/h3-9,15H,1-2H3. The zero-order valence-corrected chi connectivity index (χ0v) is 8.88. The molecule has 0 bridgehead atoms. The lowest BCUT2D eigenvalue weighted by atomic mass is 10.1. The highest BCUT2D eigenvalue weighted by molar-refractivity contribution is 5.39. The van der Waals surface area contributed by atoms with Gasteiger partial charge in [0.15, 0.2) is 0 Å². The van der Waals surface area contributed by atoms with Gasteiger partial charge in [0.2, 0.25) is 0 Å². The first-order valence-electron chi connectivity index (χ1n) is 5.02. The number of aromatic nitrogens is 2. The average molecular weight is 202 g/mol. The van der Waals surface area contributed by atoms with Crippen molar-refractivity contribution in [3.8, 4) is 11.4 Å². The highest BCUT2D eigenvalue weighted by atomic mass is 16.3. The van der Waals surface area contributed by atoms with Crippen LogP contribution in [0.15, 0.2) is 36.5 Å². The zero-order valence-electron chi connectivity index (χ0n) is 8.88. The van der Waals surface area contributed by atoms with Crippen molar-refractivity contribution in [1.82, 2.24) is 9.78 Å². The van der Waals surface area contributed by atoms with E-state index in [2.05, 4.69) is 18.9 Å². The van der Waals surface area contributed by atoms with Gasteiger partial charge in [0, 0.05) is 18.0 Å². The molecule has 0 amide bonds. The predicted molar refractivity (Wildman–Crippen MR) is 59.3 cm³/mol. The maximum absolute atomic E-state index is 9.40. The fourth-order valence-electron chi connectivity index (χ4n) is 1.59. The first-order chi connectivity index (χ1) is 7.18. The maximum atomic E-state index is 9.40. The van der Waals surface area contributed by atoms with Crippen LogP contribution in [0.1, 0.15) is 25.5 Å². The summed E-state index contributed by atoms with van der Waals surface area (Å²) in [6.07, 6.45) is 1.78. The minimum atomic E-state index is 0.262. The van der Waals surface area contributed by atoms with Gasteiger partial charge in [0.05, 0.1) is 5.69 Å². The Kier molecular flexibility index (Phi) is 2.46. The van der Waals surface area contributed by atoms with E-state index in [0.717, 1.165) is 11.4 Å². The van der Waals surface area contributed by atoms with E-state index < -0.39 is 0 Å². The van der Waals surface area contributed by atoms with E-state index in [9.17, 15) is 5.11 Å². The molecule has 78 valence electrons. The SMILES string of the molecule is CC(C)c1ccnn1-c1cccc(O)c1. The van der Waals surface area contributed by atoms with Crippen molar-refractivity contribution in [3.05, 3.63) is 42.2 Å². The summed E-state index contributed by atoms with van der Waals surface area (Å²) < 4.78 is 1.85. The Labute approximate surface area is 89.0 Å². The second kappa shape index (κ2) is 3.77. The fourth-order valence-corrected chi connectivity index (χ4v) is 1.59. The molecule has 0 radical (unpaired) electrons. The summed E-state index contributed by atoms with van der Waals surface area (Å²) in [5.41, 5.74) is 2.03. The third-order valence-corrected chi connectivity index (χ3v) is 2.34. The molecule has 1 aromatic heterocycles. The molecule has 0 aliphatic rings.